The summed E-state index contributed by atoms with van der Waals surface area (Å²) in [6, 6.07) is 4.09. The molecule has 0 fully saturated rings. The Bertz CT molecular complexity index is 351. The van der Waals surface area contributed by atoms with Crippen molar-refractivity contribution in [2.24, 2.45) is 5.92 Å². The largest absolute Gasteiger partial charge is 0.385 e. The summed E-state index contributed by atoms with van der Waals surface area (Å²) in [7, 11) is 0. The normalized spacial score (nSPS) is 15.4. The fraction of sp³-hybridized carbons (Fsp3) is 0.500. The van der Waals surface area contributed by atoms with Crippen molar-refractivity contribution in [3.63, 3.8) is 0 Å². The molecule has 1 aromatic carbocycles. The fourth-order valence-corrected chi connectivity index (χ4v) is 2.02. The standard InChI is InChI=1S/C12H16ClFO/c1-4-12(15,8(2)3)10-7-9(14)5-6-11(10)13/h5-8,15H,4H2,1-3H3. The van der Waals surface area contributed by atoms with Crippen LogP contribution in [-0.2, 0) is 5.60 Å². The Labute approximate surface area is 94.9 Å². The van der Waals surface area contributed by atoms with Gasteiger partial charge in [-0.3, -0.25) is 0 Å². The number of hydrogen-bond donors (Lipinski definition) is 1. The van der Waals surface area contributed by atoms with E-state index < -0.39 is 5.60 Å². The summed E-state index contributed by atoms with van der Waals surface area (Å²) < 4.78 is 13.1. The summed E-state index contributed by atoms with van der Waals surface area (Å²) in [5.74, 6) is -0.385. The van der Waals surface area contributed by atoms with Gasteiger partial charge >= 0.3 is 0 Å². The SMILES string of the molecule is CCC(O)(c1cc(F)ccc1Cl)C(C)C. The Morgan fingerprint density at radius 1 is 1.47 bits per heavy atom. The van der Waals surface area contributed by atoms with Crippen molar-refractivity contribution in [1.29, 1.82) is 0 Å². The lowest BCUT2D eigenvalue weighted by Crippen LogP contribution is -2.31. The van der Waals surface area contributed by atoms with Gasteiger partial charge in [0, 0.05) is 10.6 Å². The van der Waals surface area contributed by atoms with E-state index in [0.29, 0.717) is 17.0 Å². The second kappa shape index (κ2) is 4.50. The number of benzene rings is 1. The van der Waals surface area contributed by atoms with E-state index in [2.05, 4.69) is 0 Å². The van der Waals surface area contributed by atoms with Crippen LogP contribution in [0.5, 0.6) is 0 Å². The lowest BCUT2D eigenvalue weighted by Gasteiger charge is -2.32. The molecule has 0 saturated heterocycles. The first-order chi connectivity index (χ1) is 6.91. The first-order valence-electron chi connectivity index (χ1n) is 5.09. The molecule has 1 rings (SSSR count). The van der Waals surface area contributed by atoms with Crippen molar-refractivity contribution >= 4 is 11.6 Å². The van der Waals surface area contributed by atoms with E-state index >= 15 is 0 Å². The Kier molecular flexibility index (Phi) is 3.74. The molecule has 84 valence electrons. The zero-order valence-corrected chi connectivity index (χ0v) is 9.98. The molecule has 1 aromatic rings. The predicted molar refractivity (Wildman–Crippen MR) is 60.4 cm³/mol. The Hall–Kier alpha value is -0.600. The second-order valence-electron chi connectivity index (χ2n) is 4.06. The Morgan fingerprint density at radius 3 is 2.53 bits per heavy atom. The molecule has 0 aliphatic rings. The van der Waals surface area contributed by atoms with Crippen LogP contribution >= 0.6 is 11.6 Å². The molecule has 0 aromatic heterocycles. The number of rotatable bonds is 3. The lowest BCUT2D eigenvalue weighted by atomic mass is 9.81. The van der Waals surface area contributed by atoms with Crippen LogP contribution in [0.15, 0.2) is 18.2 Å². The molecule has 1 nitrogen and oxygen atoms in total. The van der Waals surface area contributed by atoms with E-state index in [1.54, 1.807) is 0 Å². The number of halogens is 2. The van der Waals surface area contributed by atoms with Crippen molar-refractivity contribution in [2.75, 3.05) is 0 Å². The molecule has 1 N–H and O–H groups in total. The maximum Gasteiger partial charge on any atom is 0.123 e. The molecule has 1 atom stereocenters. The van der Waals surface area contributed by atoms with Gasteiger partial charge in [0.25, 0.3) is 0 Å². The summed E-state index contributed by atoms with van der Waals surface area (Å²) >= 11 is 5.98. The summed E-state index contributed by atoms with van der Waals surface area (Å²) in [6.45, 7) is 5.65. The Balaban J connectivity index is 3.29. The van der Waals surface area contributed by atoms with Crippen LogP contribution in [0.2, 0.25) is 5.02 Å². The highest BCUT2D eigenvalue weighted by Crippen LogP contribution is 2.37. The quantitative estimate of drug-likeness (QED) is 0.839. The maximum atomic E-state index is 13.1. The summed E-state index contributed by atoms with van der Waals surface area (Å²) in [5, 5.41) is 10.8. The molecule has 0 amide bonds. The molecule has 1 unspecified atom stereocenters. The van der Waals surface area contributed by atoms with Gasteiger partial charge in [0.15, 0.2) is 0 Å². The van der Waals surface area contributed by atoms with E-state index in [-0.39, 0.29) is 11.7 Å². The first-order valence-corrected chi connectivity index (χ1v) is 5.47. The third kappa shape index (κ3) is 2.32. The Morgan fingerprint density at radius 2 is 2.07 bits per heavy atom. The van der Waals surface area contributed by atoms with Crippen molar-refractivity contribution in [2.45, 2.75) is 32.8 Å². The summed E-state index contributed by atoms with van der Waals surface area (Å²) in [4.78, 5) is 0. The molecule has 0 spiro atoms. The van der Waals surface area contributed by atoms with Crippen LogP contribution in [0.3, 0.4) is 0 Å². The number of hydrogen-bond acceptors (Lipinski definition) is 1. The van der Waals surface area contributed by atoms with Crippen LogP contribution in [0.4, 0.5) is 4.39 Å². The maximum absolute atomic E-state index is 13.1. The van der Waals surface area contributed by atoms with Gasteiger partial charge in [-0.1, -0.05) is 32.4 Å². The molecule has 0 aliphatic heterocycles. The smallest absolute Gasteiger partial charge is 0.123 e. The zero-order valence-electron chi connectivity index (χ0n) is 9.22. The fourth-order valence-electron chi connectivity index (χ4n) is 1.74. The molecule has 0 radical (unpaired) electrons. The van der Waals surface area contributed by atoms with Crippen LogP contribution in [0, 0.1) is 11.7 Å². The predicted octanol–water partition coefficient (Wildman–Crippen LogP) is 3.73. The lowest BCUT2D eigenvalue weighted by molar-refractivity contribution is -0.0141. The number of aliphatic hydroxyl groups is 1. The zero-order chi connectivity index (χ0) is 11.6. The van der Waals surface area contributed by atoms with Gasteiger partial charge in [-0.2, -0.15) is 0 Å². The summed E-state index contributed by atoms with van der Waals surface area (Å²) in [5.41, 5.74) is -0.583. The molecule has 0 heterocycles. The highest BCUT2D eigenvalue weighted by Gasteiger charge is 2.33. The first kappa shape index (κ1) is 12.5. The van der Waals surface area contributed by atoms with Gasteiger partial charge < -0.3 is 5.11 Å². The minimum absolute atomic E-state index is 0.0122. The minimum Gasteiger partial charge on any atom is -0.385 e. The van der Waals surface area contributed by atoms with Crippen molar-refractivity contribution in [1.82, 2.24) is 0 Å². The molecule has 3 heteroatoms. The average molecular weight is 231 g/mol. The third-order valence-electron chi connectivity index (χ3n) is 2.89. The topological polar surface area (TPSA) is 20.2 Å². The van der Waals surface area contributed by atoms with Crippen LogP contribution in [-0.4, -0.2) is 5.11 Å². The van der Waals surface area contributed by atoms with Crippen LogP contribution < -0.4 is 0 Å². The van der Waals surface area contributed by atoms with Crippen LogP contribution in [0.1, 0.15) is 32.8 Å². The highest BCUT2D eigenvalue weighted by molar-refractivity contribution is 6.31. The highest BCUT2D eigenvalue weighted by atomic mass is 35.5. The molecular weight excluding hydrogens is 215 g/mol. The van der Waals surface area contributed by atoms with Gasteiger partial charge in [-0.15, -0.1) is 0 Å². The average Bonchev–Trinajstić information content (AvgIpc) is 2.20. The van der Waals surface area contributed by atoms with Crippen molar-refractivity contribution in [3.05, 3.63) is 34.6 Å². The van der Waals surface area contributed by atoms with E-state index in [0.717, 1.165) is 0 Å². The molecular formula is C12H16ClFO. The van der Waals surface area contributed by atoms with Gasteiger partial charge in [-0.25, -0.2) is 4.39 Å². The minimum atomic E-state index is -1.06. The molecule has 0 bridgehead atoms. The third-order valence-corrected chi connectivity index (χ3v) is 3.22. The van der Waals surface area contributed by atoms with Gasteiger partial charge in [0.2, 0.25) is 0 Å². The molecule has 0 aliphatic carbocycles. The van der Waals surface area contributed by atoms with E-state index in [4.69, 9.17) is 11.6 Å². The van der Waals surface area contributed by atoms with Crippen LogP contribution in [0.25, 0.3) is 0 Å². The monoisotopic (exact) mass is 230 g/mol. The van der Waals surface area contributed by atoms with Gasteiger partial charge in [0.05, 0.1) is 5.60 Å². The molecule has 15 heavy (non-hydrogen) atoms. The van der Waals surface area contributed by atoms with Crippen molar-refractivity contribution < 1.29 is 9.50 Å². The second-order valence-corrected chi connectivity index (χ2v) is 4.46. The van der Waals surface area contributed by atoms with Crippen molar-refractivity contribution in [3.8, 4) is 0 Å². The summed E-state index contributed by atoms with van der Waals surface area (Å²) in [6.07, 6.45) is 0.508. The van der Waals surface area contributed by atoms with E-state index in [1.165, 1.54) is 18.2 Å². The van der Waals surface area contributed by atoms with Gasteiger partial charge in [-0.05, 0) is 30.5 Å². The van der Waals surface area contributed by atoms with E-state index in [9.17, 15) is 9.50 Å². The van der Waals surface area contributed by atoms with Gasteiger partial charge in [0.1, 0.15) is 5.82 Å². The molecule has 0 saturated carbocycles. The van der Waals surface area contributed by atoms with E-state index in [1.807, 2.05) is 20.8 Å².